The summed E-state index contributed by atoms with van der Waals surface area (Å²) in [6.07, 6.45) is 0. The number of halogens is 1. The molecular weight excluding hydrogens is 247 g/mol. The van der Waals surface area contributed by atoms with Crippen molar-refractivity contribution in [3.63, 3.8) is 0 Å². The molecule has 7 nitrogen and oxygen atoms in total. The lowest BCUT2D eigenvalue weighted by molar-refractivity contribution is -0.528. The van der Waals surface area contributed by atoms with Crippen LogP contribution in [0.2, 0.25) is 0 Å². The number of nitro groups is 1. The Labute approximate surface area is 101 Å². The number of carboxylic acid groups (broad SMARTS) is 1. The zero-order valence-corrected chi connectivity index (χ0v) is 9.21. The number of carbonyl (C=O) groups is 1. The fourth-order valence-corrected chi connectivity index (χ4v) is 1.25. The van der Waals surface area contributed by atoms with Crippen LogP contribution >= 0.6 is 0 Å². The molecule has 0 aliphatic carbocycles. The van der Waals surface area contributed by atoms with E-state index in [4.69, 9.17) is 5.11 Å². The molecule has 8 heteroatoms. The van der Waals surface area contributed by atoms with Gasteiger partial charge in [-0.2, -0.15) is 5.48 Å². The number of benzene rings is 1. The molecule has 0 fully saturated rings. The van der Waals surface area contributed by atoms with Gasteiger partial charge in [-0.3, -0.25) is 15.0 Å². The number of hydrogen-bond acceptors (Lipinski definition) is 5. The van der Waals surface area contributed by atoms with E-state index in [1.807, 2.05) is 0 Å². The molecular formula is C10H11FN2O5. The molecule has 0 spiro atoms. The normalized spacial score (nSPS) is 12.1. The number of hydrogen-bond donors (Lipinski definition) is 2. The van der Waals surface area contributed by atoms with Crippen molar-refractivity contribution in [2.75, 3.05) is 13.2 Å². The van der Waals surface area contributed by atoms with Crippen LogP contribution in [0, 0.1) is 15.9 Å². The fourth-order valence-electron chi connectivity index (χ4n) is 1.25. The van der Waals surface area contributed by atoms with Crippen LogP contribution in [0.5, 0.6) is 0 Å². The van der Waals surface area contributed by atoms with Crippen molar-refractivity contribution >= 4 is 5.97 Å². The zero-order valence-electron chi connectivity index (χ0n) is 9.21. The third-order valence-corrected chi connectivity index (χ3v) is 2.08. The Morgan fingerprint density at radius 2 is 2.11 bits per heavy atom. The SMILES string of the molecule is O=C(O)CONCC(c1ccc(F)cc1)[N+](=O)[O-]. The average molecular weight is 258 g/mol. The van der Waals surface area contributed by atoms with Gasteiger partial charge in [0.2, 0.25) is 0 Å². The molecule has 1 aromatic carbocycles. The zero-order chi connectivity index (χ0) is 13.5. The fraction of sp³-hybridized carbons (Fsp3) is 0.300. The van der Waals surface area contributed by atoms with Crippen molar-refractivity contribution in [1.29, 1.82) is 0 Å². The number of nitrogens with zero attached hydrogens (tertiary/aromatic N) is 1. The van der Waals surface area contributed by atoms with Crippen molar-refractivity contribution in [2.45, 2.75) is 6.04 Å². The molecule has 0 aliphatic heterocycles. The number of aliphatic carboxylic acids is 1. The van der Waals surface area contributed by atoms with Crippen LogP contribution < -0.4 is 5.48 Å². The summed E-state index contributed by atoms with van der Waals surface area (Å²) >= 11 is 0. The van der Waals surface area contributed by atoms with Crippen LogP contribution in [0.4, 0.5) is 4.39 Å². The lowest BCUT2D eigenvalue weighted by Gasteiger charge is -2.10. The van der Waals surface area contributed by atoms with E-state index in [0.29, 0.717) is 5.56 Å². The van der Waals surface area contributed by atoms with E-state index >= 15 is 0 Å². The lowest BCUT2D eigenvalue weighted by atomic mass is 10.1. The summed E-state index contributed by atoms with van der Waals surface area (Å²) in [5.74, 6) is -1.68. The third-order valence-electron chi connectivity index (χ3n) is 2.08. The first-order valence-electron chi connectivity index (χ1n) is 4.96. The molecule has 18 heavy (non-hydrogen) atoms. The highest BCUT2D eigenvalue weighted by atomic mass is 19.1. The molecule has 1 rings (SSSR count). The Morgan fingerprint density at radius 1 is 1.50 bits per heavy atom. The molecule has 1 atom stereocenters. The quantitative estimate of drug-likeness (QED) is 0.425. The van der Waals surface area contributed by atoms with Crippen molar-refractivity contribution < 1.29 is 24.1 Å². The van der Waals surface area contributed by atoms with Gasteiger partial charge in [0.05, 0.1) is 6.54 Å². The van der Waals surface area contributed by atoms with Gasteiger partial charge in [-0.25, -0.2) is 9.18 Å². The molecule has 0 heterocycles. The first-order chi connectivity index (χ1) is 8.50. The summed E-state index contributed by atoms with van der Waals surface area (Å²) in [4.78, 5) is 24.9. The number of nitrogens with one attached hydrogen (secondary N) is 1. The summed E-state index contributed by atoms with van der Waals surface area (Å²) in [6.45, 7) is -0.820. The van der Waals surface area contributed by atoms with Crippen molar-refractivity contribution in [2.24, 2.45) is 0 Å². The molecule has 98 valence electrons. The number of rotatable bonds is 7. The molecule has 0 radical (unpaired) electrons. The third kappa shape index (κ3) is 4.44. The Bertz CT molecular complexity index is 423. The van der Waals surface area contributed by atoms with Crippen LogP contribution in [-0.4, -0.2) is 29.2 Å². The Morgan fingerprint density at radius 3 is 2.61 bits per heavy atom. The van der Waals surface area contributed by atoms with Gasteiger partial charge in [-0.1, -0.05) is 0 Å². The van der Waals surface area contributed by atoms with E-state index in [9.17, 15) is 19.3 Å². The second-order valence-electron chi connectivity index (χ2n) is 3.38. The summed E-state index contributed by atoms with van der Waals surface area (Å²) < 4.78 is 12.7. The highest BCUT2D eigenvalue weighted by Crippen LogP contribution is 2.16. The van der Waals surface area contributed by atoms with E-state index in [-0.39, 0.29) is 6.54 Å². The number of carboxylic acids is 1. The average Bonchev–Trinajstić information content (AvgIpc) is 2.30. The van der Waals surface area contributed by atoms with E-state index in [1.54, 1.807) is 0 Å². The molecule has 0 aliphatic rings. The summed E-state index contributed by atoms with van der Waals surface area (Å²) in [7, 11) is 0. The minimum atomic E-state index is -1.19. The maximum absolute atomic E-state index is 12.7. The van der Waals surface area contributed by atoms with Gasteiger partial charge in [0.25, 0.3) is 6.04 Å². The van der Waals surface area contributed by atoms with E-state index in [2.05, 4.69) is 10.3 Å². The molecule has 0 bridgehead atoms. The topological polar surface area (TPSA) is 102 Å². The smallest absolute Gasteiger partial charge is 0.331 e. The molecule has 2 N–H and O–H groups in total. The summed E-state index contributed by atoms with van der Waals surface area (Å²) in [5.41, 5.74) is 2.49. The molecule has 1 aromatic rings. The minimum Gasteiger partial charge on any atom is -0.479 e. The summed E-state index contributed by atoms with van der Waals surface area (Å²) in [5, 5.41) is 19.1. The van der Waals surface area contributed by atoms with Gasteiger partial charge in [0, 0.05) is 10.5 Å². The van der Waals surface area contributed by atoms with Gasteiger partial charge in [0.15, 0.2) is 6.61 Å². The monoisotopic (exact) mass is 258 g/mol. The molecule has 1 unspecified atom stereocenters. The van der Waals surface area contributed by atoms with Crippen LogP contribution in [0.3, 0.4) is 0 Å². The van der Waals surface area contributed by atoms with Crippen molar-refractivity contribution in [1.82, 2.24) is 5.48 Å². The van der Waals surface area contributed by atoms with E-state index in [1.165, 1.54) is 12.1 Å². The predicted octanol–water partition coefficient (Wildman–Crippen LogP) is 0.749. The maximum atomic E-state index is 12.7. The van der Waals surface area contributed by atoms with Crippen LogP contribution in [0.15, 0.2) is 24.3 Å². The molecule has 0 aromatic heterocycles. The highest BCUT2D eigenvalue weighted by molar-refractivity contribution is 5.67. The van der Waals surface area contributed by atoms with Crippen LogP contribution in [-0.2, 0) is 9.63 Å². The van der Waals surface area contributed by atoms with Gasteiger partial charge >= 0.3 is 5.97 Å². The van der Waals surface area contributed by atoms with E-state index in [0.717, 1.165) is 12.1 Å². The molecule has 0 saturated carbocycles. The maximum Gasteiger partial charge on any atom is 0.331 e. The predicted molar refractivity (Wildman–Crippen MR) is 57.7 cm³/mol. The molecule has 0 amide bonds. The highest BCUT2D eigenvalue weighted by Gasteiger charge is 2.22. The minimum absolute atomic E-state index is 0.216. The summed E-state index contributed by atoms with van der Waals surface area (Å²) in [6, 6.07) is 3.68. The largest absolute Gasteiger partial charge is 0.479 e. The van der Waals surface area contributed by atoms with Gasteiger partial charge < -0.3 is 5.11 Å². The first-order valence-corrected chi connectivity index (χ1v) is 4.96. The second kappa shape index (κ2) is 6.62. The standard InChI is InChI=1S/C10H11FN2O5/c11-8-3-1-7(2-4-8)9(13(16)17)5-12-18-6-10(14)15/h1-4,9,12H,5-6H2,(H,14,15). The molecule has 0 saturated heterocycles. The number of hydroxylamine groups is 1. The van der Waals surface area contributed by atoms with E-state index < -0.39 is 29.4 Å². The Hall–Kier alpha value is -2.06. The van der Waals surface area contributed by atoms with Crippen molar-refractivity contribution in [3.05, 3.63) is 45.8 Å². The first kappa shape index (κ1) is 14.0. The van der Waals surface area contributed by atoms with Crippen LogP contribution in [0.25, 0.3) is 0 Å². The second-order valence-corrected chi connectivity index (χ2v) is 3.38. The van der Waals surface area contributed by atoms with Gasteiger partial charge in [-0.05, 0) is 24.3 Å². The lowest BCUT2D eigenvalue weighted by Crippen LogP contribution is -2.28. The Balaban J connectivity index is 2.57. The van der Waals surface area contributed by atoms with Gasteiger partial charge in [-0.15, -0.1) is 0 Å². The van der Waals surface area contributed by atoms with Crippen LogP contribution in [0.1, 0.15) is 11.6 Å². The van der Waals surface area contributed by atoms with Crippen molar-refractivity contribution in [3.8, 4) is 0 Å². The Kier molecular flexibility index (Phi) is 5.15. The van der Waals surface area contributed by atoms with Gasteiger partial charge in [0.1, 0.15) is 5.82 Å².